The Morgan fingerprint density at radius 3 is 2.81 bits per heavy atom. The zero-order chi connectivity index (χ0) is 19.2. The van der Waals surface area contributed by atoms with Crippen LogP contribution in [-0.2, 0) is 4.79 Å². The van der Waals surface area contributed by atoms with Crippen molar-refractivity contribution in [2.75, 3.05) is 11.9 Å². The van der Waals surface area contributed by atoms with Gasteiger partial charge in [0, 0.05) is 17.6 Å². The third kappa shape index (κ3) is 4.93. The first kappa shape index (κ1) is 19.1. The van der Waals surface area contributed by atoms with Crippen LogP contribution in [0.4, 0.5) is 5.69 Å². The van der Waals surface area contributed by atoms with E-state index in [1.165, 1.54) is 17.4 Å². The highest BCUT2D eigenvalue weighted by atomic mass is 35.5. The van der Waals surface area contributed by atoms with Crippen molar-refractivity contribution in [3.8, 4) is 0 Å². The van der Waals surface area contributed by atoms with Crippen LogP contribution in [0.5, 0.6) is 0 Å². The maximum atomic E-state index is 12.3. The van der Waals surface area contributed by atoms with Gasteiger partial charge in [0.05, 0.1) is 21.5 Å². The molecule has 0 saturated heterocycles. The lowest BCUT2D eigenvalue weighted by Gasteiger charge is -2.10. The Labute approximate surface area is 166 Å². The van der Waals surface area contributed by atoms with Crippen LogP contribution in [0.25, 0.3) is 16.3 Å². The largest absolute Gasteiger partial charge is 0.352 e. The first-order chi connectivity index (χ1) is 13.1. The molecule has 5 nitrogen and oxygen atoms in total. The van der Waals surface area contributed by atoms with Gasteiger partial charge in [-0.2, -0.15) is 0 Å². The highest BCUT2D eigenvalue weighted by Crippen LogP contribution is 2.23. The predicted octanol–water partition coefficient (Wildman–Crippen LogP) is 4.74. The Hall–Kier alpha value is -2.70. The van der Waals surface area contributed by atoms with Crippen molar-refractivity contribution < 1.29 is 9.59 Å². The Morgan fingerprint density at radius 1 is 1.22 bits per heavy atom. The van der Waals surface area contributed by atoms with Crippen molar-refractivity contribution in [3.05, 3.63) is 64.1 Å². The molecule has 0 aliphatic rings. The molecule has 3 aromatic rings. The first-order valence-corrected chi connectivity index (χ1v) is 9.68. The number of para-hydroxylation sites is 1. The third-order valence-corrected chi connectivity index (χ3v) is 4.94. The second-order valence-corrected chi connectivity index (χ2v) is 7.29. The molecular formula is C20H18ClN3O2S. The van der Waals surface area contributed by atoms with Crippen LogP contribution < -0.4 is 10.6 Å². The van der Waals surface area contributed by atoms with Gasteiger partial charge in [-0.25, -0.2) is 4.98 Å². The zero-order valence-corrected chi connectivity index (χ0v) is 16.2. The highest BCUT2D eigenvalue weighted by molar-refractivity contribution is 7.19. The van der Waals surface area contributed by atoms with E-state index in [2.05, 4.69) is 15.6 Å². The number of fused-ring (bicyclic) bond motifs is 1. The minimum atomic E-state index is -0.360. The molecule has 1 aromatic heterocycles. The van der Waals surface area contributed by atoms with Gasteiger partial charge >= 0.3 is 0 Å². The average molecular weight is 400 g/mol. The van der Waals surface area contributed by atoms with Gasteiger partial charge in [0.2, 0.25) is 5.91 Å². The van der Waals surface area contributed by atoms with Gasteiger partial charge in [-0.1, -0.05) is 30.7 Å². The number of carbonyl (C=O) groups excluding carboxylic acids is 2. The second kappa shape index (κ2) is 8.79. The van der Waals surface area contributed by atoms with Gasteiger partial charge in [-0.15, -0.1) is 11.3 Å². The Bertz CT molecular complexity index is 980. The normalized spacial score (nSPS) is 11.0. The van der Waals surface area contributed by atoms with Crippen LogP contribution in [0.3, 0.4) is 0 Å². The number of thiazole rings is 1. The molecule has 7 heteroatoms. The van der Waals surface area contributed by atoms with E-state index in [-0.39, 0.29) is 11.8 Å². The van der Waals surface area contributed by atoms with Gasteiger partial charge in [0.1, 0.15) is 5.01 Å². The third-order valence-electron chi connectivity index (χ3n) is 3.71. The number of anilines is 1. The molecule has 0 aliphatic heterocycles. The molecule has 0 aliphatic carbocycles. The summed E-state index contributed by atoms with van der Waals surface area (Å²) < 4.78 is 1.06. The minimum Gasteiger partial charge on any atom is -0.352 e. The minimum absolute atomic E-state index is 0.251. The SMILES string of the molecule is CCCNC(=O)c1ccc(Cl)cc1NC(=O)/C=C/c1nc2ccccc2s1. The van der Waals surface area contributed by atoms with Crippen LogP contribution in [0.1, 0.15) is 28.7 Å². The van der Waals surface area contributed by atoms with E-state index >= 15 is 0 Å². The number of nitrogens with one attached hydrogen (secondary N) is 2. The van der Waals surface area contributed by atoms with E-state index in [0.29, 0.717) is 22.8 Å². The van der Waals surface area contributed by atoms with E-state index in [1.807, 2.05) is 31.2 Å². The van der Waals surface area contributed by atoms with Crippen molar-refractivity contribution in [2.45, 2.75) is 13.3 Å². The molecule has 2 aromatic carbocycles. The number of rotatable bonds is 6. The lowest BCUT2D eigenvalue weighted by atomic mass is 10.1. The molecule has 138 valence electrons. The van der Waals surface area contributed by atoms with Gasteiger partial charge in [-0.05, 0) is 42.8 Å². The summed E-state index contributed by atoms with van der Waals surface area (Å²) in [5.41, 5.74) is 1.64. The highest BCUT2D eigenvalue weighted by Gasteiger charge is 2.13. The smallest absolute Gasteiger partial charge is 0.253 e. The number of nitrogens with zero attached hydrogens (tertiary/aromatic N) is 1. The van der Waals surface area contributed by atoms with Gasteiger partial charge in [-0.3, -0.25) is 9.59 Å². The second-order valence-electron chi connectivity index (χ2n) is 5.79. The van der Waals surface area contributed by atoms with Gasteiger partial charge in [0.15, 0.2) is 0 Å². The van der Waals surface area contributed by atoms with E-state index in [1.54, 1.807) is 24.3 Å². The zero-order valence-electron chi connectivity index (χ0n) is 14.7. The number of halogens is 1. The lowest BCUT2D eigenvalue weighted by Crippen LogP contribution is -2.25. The molecule has 2 N–H and O–H groups in total. The number of hydrogen-bond donors (Lipinski definition) is 2. The molecule has 0 spiro atoms. The Morgan fingerprint density at radius 2 is 2.04 bits per heavy atom. The maximum absolute atomic E-state index is 12.3. The summed E-state index contributed by atoms with van der Waals surface area (Å²) in [6, 6.07) is 12.6. The number of amides is 2. The van der Waals surface area contributed by atoms with Crippen LogP contribution >= 0.6 is 22.9 Å². The van der Waals surface area contributed by atoms with Crippen molar-refractivity contribution in [1.82, 2.24) is 10.3 Å². The standard InChI is InChI=1S/C20H18ClN3O2S/c1-2-11-22-20(26)14-8-7-13(21)12-16(14)23-18(25)9-10-19-24-15-5-3-4-6-17(15)27-19/h3-10,12H,2,11H2,1H3,(H,22,26)(H,23,25)/b10-9+. The van der Waals surface area contributed by atoms with Gasteiger partial charge in [0.25, 0.3) is 5.91 Å². The number of aromatic nitrogens is 1. The Kier molecular flexibility index (Phi) is 6.21. The van der Waals surface area contributed by atoms with Crippen molar-refractivity contribution in [2.24, 2.45) is 0 Å². The van der Waals surface area contributed by atoms with Crippen LogP contribution in [-0.4, -0.2) is 23.3 Å². The summed E-state index contributed by atoms with van der Waals surface area (Å²) in [5, 5.41) is 6.69. The summed E-state index contributed by atoms with van der Waals surface area (Å²) in [4.78, 5) is 29.0. The number of benzene rings is 2. The molecule has 3 rings (SSSR count). The predicted molar refractivity (Wildman–Crippen MR) is 111 cm³/mol. The number of hydrogen-bond acceptors (Lipinski definition) is 4. The number of carbonyl (C=O) groups is 2. The molecule has 0 unspecified atom stereocenters. The van der Waals surface area contributed by atoms with E-state index in [0.717, 1.165) is 21.6 Å². The van der Waals surface area contributed by atoms with Gasteiger partial charge < -0.3 is 10.6 Å². The molecule has 0 radical (unpaired) electrons. The quantitative estimate of drug-likeness (QED) is 0.588. The van der Waals surface area contributed by atoms with Crippen molar-refractivity contribution >= 4 is 56.7 Å². The molecule has 1 heterocycles. The summed E-state index contributed by atoms with van der Waals surface area (Å²) >= 11 is 7.52. The van der Waals surface area contributed by atoms with E-state index in [9.17, 15) is 9.59 Å². The summed E-state index contributed by atoms with van der Waals surface area (Å²) in [6.45, 7) is 2.53. The molecule has 0 saturated carbocycles. The fourth-order valence-corrected chi connectivity index (χ4v) is 3.48. The average Bonchev–Trinajstić information content (AvgIpc) is 3.07. The van der Waals surface area contributed by atoms with Crippen LogP contribution in [0, 0.1) is 0 Å². The summed E-state index contributed by atoms with van der Waals surface area (Å²) in [7, 11) is 0. The molecule has 0 bridgehead atoms. The molecule has 27 heavy (non-hydrogen) atoms. The Balaban J connectivity index is 1.74. The topological polar surface area (TPSA) is 71.1 Å². The van der Waals surface area contributed by atoms with E-state index in [4.69, 9.17) is 11.6 Å². The summed E-state index contributed by atoms with van der Waals surface area (Å²) in [6.07, 6.45) is 3.87. The fraction of sp³-hybridized carbons (Fsp3) is 0.150. The van der Waals surface area contributed by atoms with Crippen LogP contribution in [0.2, 0.25) is 5.02 Å². The molecule has 2 amide bonds. The molecule has 0 fully saturated rings. The maximum Gasteiger partial charge on any atom is 0.253 e. The first-order valence-electron chi connectivity index (χ1n) is 8.49. The molecule has 0 atom stereocenters. The van der Waals surface area contributed by atoms with Crippen molar-refractivity contribution in [1.29, 1.82) is 0 Å². The van der Waals surface area contributed by atoms with Crippen LogP contribution in [0.15, 0.2) is 48.5 Å². The molecular weight excluding hydrogens is 382 g/mol. The van der Waals surface area contributed by atoms with Crippen molar-refractivity contribution in [3.63, 3.8) is 0 Å². The summed E-state index contributed by atoms with van der Waals surface area (Å²) in [5.74, 6) is -0.611. The monoisotopic (exact) mass is 399 g/mol. The fourth-order valence-electron chi connectivity index (χ4n) is 2.43. The van der Waals surface area contributed by atoms with E-state index < -0.39 is 0 Å². The lowest BCUT2D eigenvalue weighted by molar-refractivity contribution is -0.111.